The van der Waals surface area contributed by atoms with Crippen molar-refractivity contribution in [1.29, 1.82) is 5.26 Å². The highest BCUT2D eigenvalue weighted by Crippen LogP contribution is 2.28. The molecule has 1 aromatic heterocycles. The average Bonchev–Trinajstić information content (AvgIpc) is 2.97. The maximum Gasteiger partial charge on any atom is 0.259 e. The van der Waals surface area contributed by atoms with Gasteiger partial charge in [0.2, 0.25) is 0 Å². The predicted octanol–water partition coefficient (Wildman–Crippen LogP) is 3.44. The molecule has 0 bridgehead atoms. The van der Waals surface area contributed by atoms with Crippen LogP contribution in [0.15, 0.2) is 48.5 Å². The van der Waals surface area contributed by atoms with Crippen molar-refractivity contribution in [2.75, 3.05) is 11.9 Å². The van der Waals surface area contributed by atoms with Gasteiger partial charge in [-0.15, -0.1) is 0 Å². The molecule has 0 N–H and O–H groups in total. The topological polar surface area (TPSA) is 57.0 Å². The first-order valence-corrected chi connectivity index (χ1v) is 7.14. The first-order valence-electron chi connectivity index (χ1n) is 6.33. The van der Waals surface area contributed by atoms with Crippen molar-refractivity contribution in [1.82, 2.24) is 4.98 Å². The zero-order valence-electron chi connectivity index (χ0n) is 11.3. The Kier molecular flexibility index (Phi) is 3.38. The van der Waals surface area contributed by atoms with Gasteiger partial charge in [0.1, 0.15) is 0 Å². The van der Waals surface area contributed by atoms with E-state index in [1.807, 2.05) is 30.3 Å². The highest BCUT2D eigenvalue weighted by atomic mass is 32.1. The molecule has 5 heteroatoms. The third kappa shape index (κ3) is 2.49. The molecule has 0 aliphatic heterocycles. The summed E-state index contributed by atoms with van der Waals surface area (Å²) in [6.45, 7) is 0. The second-order valence-electron chi connectivity index (χ2n) is 4.52. The zero-order chi connectivity index (χ0) is 14.8. The number of carbonyl (C=O) groups excluding carboxylic acids is 1. The average molecular weight is 293 g/mol. The SMILES string of the molecule is CN(C(=O)c1cccc(C#N)c1)c1nc2ccccc2s1. The summed E-state index contributed by atoms with van der Waals surface area (Å²) in [5.74, 6) is -0.175. The molecule has 0 spiro atoms. The van der Waals surface area contributed by atoms with Crippen LogP contribution in [0.25, 0.3) is 10.2 Å². The number of hydrogen-bond acceptors (Lipinski definition) is 4. The van der Waals surface area contributed by atoms with Crippen molar-refractivity contribution < 1.29 is 4.79 Å². The Hall–Kier alpha value is -2.71. The molecule has 4 nitrogen and oxygen atoms in total. The van der Waals surface area contributed by atoms with Crippen molar-refractivity contribution >= 4 is 32.6 Å². The molecule has 0 saturated heterocycles. The standard InChI is InChI=1S/C16H11N3OS/c1-19(15(20)12-6-4-5-11(9-12)10-17)16-18-13-7-2-3-8-14(13)21-16/h2-9H,1H3. The molecule has 0 radical (unpaired) electrons. The van der Waals surface area contributed by atoms with E-state index in [1.54, 1.807) is 31.3 Å². The Morgan fingerprint density at radius 1 is 1.24 bits per heavy atom. The number of thiazole rings is 1. The summed E-state index contributed by atoms with van der Waals surface area (Å²) in [5.41, 5.74) is 1.83. The number of nitrogens with zero attached hydrogens (tertiary/aromatic N) is 3. The van der Waals surface area contributed by atoms with E-state index in [2.05, 4.69) is 4.98 Å². The second-order valence-corrected chi connectivity index (χ2v) is 5.53. The molecule has 3 aromatic rings. The van der Waals surface area contributed by atoms with Crippen LogP contribution in [0.4, 0.5) is 5.13 Å². The third-order valence-corrected chi connectivity index (χ3v) is 4.23. The number of nitriles is 1. The van der Waals surface area contributed by atoms with E-state index in [0.717, 1.165) is 10.2 Å². The third-order valence-electron chi connectivity index (χ3n) is 3.11. The minimum atomic E-state index is -0.175. The summed E-state index contributed by atoms with van der Waals surface area (Å²) in [6, 6.07) is 16.5. The molecule has 102 valence electrons. The van der Waals surface area contributed by atoms with Gasteiger partial charge in [0.05, 0.1) is 21.8 Å². The molecule has 1 heterocycles. The number of fused-ring (bicyclic) bond motifs is 1. The molecular formula is C16H11N3OS. The largest absolute Gasteiger partial charge is 0.287 e. The molecule has 0 unspecified atom stereocenters. The van der Waals surface area contributed by atoms with Crippen molar-refractivity contribution in [3.8, 4) is 6.07 Å². The first kappa shape index (κ1) is 13.3. The fourth-order valence-corrected chi connectivity index (χ4v) is 2.93. The van der Waals surface area contributed by atoms with Crippen LogP contribution in [0, 0.1) is 11.3 Å². The minimum Gasteiger partial charge on any atom is -0.287 e. The number of hydrogen-bond donors (Lipinski definition) is 0. The van der Waals surface area contributed by atoms with E-state index in [4.69, 9.17) is 5.26 Å². The van der Waals surface area contributed by atoms with Gasteiger partial charge in [0.25, 0.3) is 5.91 Å². The van der Waals surface area contributed by atoms with Crippen molar-refractivity contribution in [2.45, 2.75) is 0 Å². The molecular weight excluding hydrogens is 282 g/mol. The van der Waals surface area contributed by atoms with E-state index >= 15 is 0 Å². The molecule has 0 atom stereocenters. The van der Waals surface area contributed by atoms with Gasteiger partial charge in [-0.3, -0.25) is 9.69 Å². The number of benzene rings is 2. The van der Waals surface area contributed by atoms with Gasteiger partial charge < -0.3 is 0 Å². The summed E-state index contributed by atoms with van der Waals surface area (Å²) in [5, 5.41) is 9.55. The summed E-state index contributed by atoms with van der Waals surface area (Å²) >= 11 is 1.47. The van der Waals surface area contributed by atoms with E-state index < -0.39 is 0 Å². The normalized spacial score (nSPS) is 10.3. The summed E-state index contributed by atoms with van der Waals surface area (Å²) < 4.78 is 1.04. The number of anilines is 1. The number of para-hydroxylation sites is 1. The molecule has 21 heavy (non-hydrogen) atoms. The van der Waals surface area contributed by atoms with Gasteiger partial charge in [-0.1, -0.05) is 29.5 Å². The van der Waals surface area contributed by atoms with E-state index in [9.17, 15) is 4.79 Å². The molecule has 0 aliphatic carbocycles. The van der Waals surface area contributed by atoms with Crippen LogP contribution >= 0.6 is 11.3 Å². The first-order chi connectivity index (χ1) is 10.2. The van der Waals surface area contributed by atoms with Crippen LogP contribution in [0.2, 0.25) is 0 Å². The maximum atomic E-state index is 12.5. The number of carbonyl (C=O) groups is 1. The Bertz CT molecular complexity index is 830. The van der Waals surface area contributed by atoms with Crippen LogP contribution in [-0.2, 0) is 0 Å². The second kappa shape index (κ2) is 5.35. The van der Waals surface area contributed by atoms with Gasteiger partial charge in [-0.25, -0.2) is 4.98 Å². The predicted molar refractivity (Wildman–Crippen MR) is 83.5 cm³/mol. The van der Waals surface area contributed by atoms with Gasteiger partial charge in [-0.2, -0.15) is 5.26 Å². The highest BCUT2D eigenvalue weighted by Gasteiger charge is 2.17. The summed E-state index contributed by atoms with van der Waals surface area (Å²) in [7, 11) is 1.69. The number of amides is 1. The molecule has 2 aromatic carbocycles. The minimum absolute atomic E-state index is 0.175. The van der Waals surface area contributed by atoms with Crippen molar-refractivity contribution in [3.63, 3.8) is 0 Å². The lowest BCUT2D eigenvalue weighted by atomic mass is 10.1. The Labute approximate surface area is 125 Å². The van der Waals surface area contributed by atoms with Crippen LogP contribution in [-0.4, -0.2) is 17.9 Å². The van der Waals surface area contributed by atoms with Gasteiger partial charge in [0, 0.05) is 12.6 Å². The Morgan fingerprint density at radius 3 is 2.81 bits per heavy atom. The van der Waals surface area contributed by atoms with Crippen LogP contribution in [0.1, 0.15) is 15.9 Å². The number of rotatable bonds is 2. The van der Waals surface area contributed by atoms with Gasteiger partial charge in [-0.05, 0) is 30.3 Å². The van der Waals surface area contributed by atoms with E-state index in [-0.39, 0.29) is 5.91 Å². The Balaban J connectivity index is 1.95. The quantitative estimate of drug-likeness (QED) is 0.727. The molecule has 3 rings (SSSR count). The van der Waals surface area contributed by atoms with Crippen molar-refractivity contribution in [2.24, 2.45) is 0 Å². The van der Waals surface area contributed by atoms with Crippen LogP contribution in [0.3, 0.4) is 0 Å². The molecule has 1 amide bonds. The highest BCUT2D eigenvalue weighted by molar-refractivity contribution is 7.22. The fourth-order valence-electron chi connectivity index (χ4n) is 2.01. The monoisotopic (exact) mass is 293 g/mol. The van der Waals surface area contributed by atoms with Gasteiger partial charge >= 0.3 is 0 Å². The summed E-state index contributed by atoms with van der Waals surface area (Å²) in [4.78, 5) is 18.4. The van der Waals surface area contributed by atoms with Crippen LogP contribution in [0.5, 0.6) is 0 Å². The summed E-state index contributed by atoms with van der Waals surface area (Å²) in [6.07, 6.45) is 0. The lowest BCUT2D eigenvalue weighted by Crippen LogP contribution is -2.26. The van der Waals surface area contributed by atoms with Gasteiger partial charge in [0.15, 0.2) is 5.13 Å². The van der Waals surface area contributed by atoms with Crippen molar-refractivity contribution in [3.05, 3.63) is 59.7 Å². The van der Waals surface area contributed by atoms with E-state index in [1.165, 1.54) is 16.2 Å². The fraction of sp³-hybridized carbons (Fsp3) is 0.0625. The zero-order valence-corrected chi connectivity index (χ0v) is 12.1. The smallest absolute Gasteiger partial charge is 0.259 e. The number of aromatic nitrogens is 1. The van der Waals surface area contributed by atoms with E-state index in [0.29, 0.717) is 16.3 Å². The maximum absolute atomic E-state index is 12.5. The lowest BCUT2D eigenvalue weighted by Gasteiger charge is -2.13. The molecule has 0 aliphatic rings. The lowest BCUT2D eigenvalue weighted by molar-refractivity contribution is 0.0993. The Morgan fingerprint density at radius 2 is 2.05 bits per heavy atom. The molecule has 0 fully saturated rings. The molecule has 0 saturated carbocycles. The van der Waals surface area contributed by atoms with Crippen LogP contribution < -0.4 is 4.90 Å².